The van der Waals surface area contributed by atoms with Crippen LogP contribution in [0.3, 0.4) is 0 Å². The molecule has 1 aromatic rings. The van der Waals surface area contributed by atoms with Crippen LogP contribution in [0.2, 0.25) is 0 Å². The maximum absolute atomic E-state index is 10.7. The van der Waals surface area contributed by atoms with Crippen LogP contribution in [0.4, 0.5) is 0 Å². The molecule has 0 aliphatic carbocycles. The quantitative estimate of drug-likeness (QED) is 0.826. The molecule has 0 saturated carbocycles. The predicted molar refractivity (Wildman–Crippen MR) is 58.5 cm³/mol. The first-order valence-corrected chi connectivity index (χ1v) is 5.57. The van der Waals surface area contributed by atoms with Gasteiger partial charge >= 0.3 is 5.97 Å². The summed E-state index contributed by atoms with van der Waals surface area (Å²) < 4.78 is 0.838. The molecule has 1 atom stereocenters. The second-order valence-electron chi connectivity index (χ2n) is 2.56. The molecule has 0 spiro atoms. The van der Waals surface area contributed by atoms with Crippen LogP contribution in [0.1, 0.15) is 0 Å². The molecule has 0 fully saturated rings. The lowest BCUT2D eigenvalue weighted by Gasteiger charge is -2.09. The standard InChI is InChI=1S/C9H9BrO3S/c10-6-3-1-2-4-7(6)14-8(5-11)9(12)13/h1-4,8,11H,5H2,(H,12,13). The van der Waals surface area contributed by atoms with Crippen molar-refractivity contribution in [3.8, 4) is 0 Å². The summed E-state index contributed by atoms with van der Waals surface area (Å²) in [6.07, 6.45) is 0. The highest BCUT2D eigenvalue weighted by molar-refractivity contribution is 9.10. The fourth-order valence-corrected chi connectivity index (χ4v) is 2.24. The van der Waals surface area contributed by atoms with Gasteiger partial charge in [0.05, 0.1) is 6.61 Å². The monoisotopic (exact) mass is 276 g/mol. The van der Waals surface area contributed by atoms with Crippen molar-refractivity contribution >= 4 is 33.7 Å². The van der Waals surface area contributed by atoms with Crippen LogP contribution in [-0.4, -0.2) is 28.0 Å². The molecule has 2 N–H and O–H groups in total. The molecular formula is C9H9BrO3S. The Labute approximate surface area is 94.3 Å². The van der Waals surface area contributed by atoms with E-state index in [0.717, 1.165) is 21.1 Å². The number of aliphatic hydroxyl groups excluding tert-OH is 1. The minimum atomic E-state index is -1.01. The molecule has 14 heavy (non-hydrogen) atoms. The zero-order valence-corrected chi connectivity index (χ0v) is 9.59. The highest BCUT2D eigenvalue weighted by atomic mass is 79.9. The van der Waals surface area contributed by atoms with Crippen LogP contribution in [0, 0.1) is 0 Å². The number of aliphatic hydroxyl groups is 1. The van der Waals surface area contributed by atoms with Crippen LogP contribution in [-0.2, 0) is 4.79 Å². The molecule has 0 heterocycles. The van der Waals surface area contributed by atoms with Crippen molar-refractivity contribution in [3.63, 3.8) is 0 Å². The van der Waals surface area contributed by atoms with E-state index in [9.17, 15) is 4.79 Å². The molecule has 0 bridgehead atoms. The molecule has 3 nitrogen and oxygen atoms in total. The Kier molecular flexibility index (Phi) is 4.44. The molecule has 5 heteroatoms. The Morgan fingerprint density at radius 3 is 2.64 bits per heavy atom. The third-order valence-electron chi connectivity index (χ3n) is 1.55. The van der Waals surface area contributed by atoms with Crippen molar-refractivity contribution in [1.29, 1.82) is 0 Å². The second kappa shape index (κ2) is 5.38. The summed E-state index contributed by atoms with van der Waals surface area (Å²) in [5.74, 6) is -1.01. The van der Waals surface area contributed by atoms with E-state index in [1.165, 1.54) is 0 Å². The molecule has 0 aromatic heterocycles. The number of carbonyl (C=O) groups is 1. The molecular weight excluding hydrogens is 268 g/mol. The first-order valence-electron chi connectivity index (χ1n) is 3.90. The fourth-order valence-electron chi connectivity index (χ4n) is 0.859. The lowest BCUT2D eigenvalue weighted by molar-refractivity contribution is -0.137. The van der Waals surface area contributed by atoms with Crippen molar-refractivity contribution in [2.75, 3.05) is 6.61 Å². The number of carboxylic acid groups (broad SMARTS) is 1. The van der Waals surface area contributed by atoms with E-state index in [1.807, 2.05) is 18.2 Å². The fraction of sp³-hybridized carbons (Fsp3) is 0.222. The maximum Gasteiger partial charge on any atom is 0.319 e. The maximum atomic E-state index is 10.7. The lowest BCUT2D eigenvalue weighted by Crippen LogP contribution is -2.20. The number of hydrogen-bond acceptors (Lipinski definition) is 3. The van der Waals surface area contributed by atoms with Gasteiger partial charge in [-0.15, -0.1) is 11.8 Å². The Balaban J connectivity index is 2.77. The van der Waals surface area contributed by atoms with Gasteiger partial charge in [-0.2, -0.15) is 0 Å². The molecule has 0 radical (unpaired) electrons. The number of thioether (sulfide) groups is 1. The molecule has 1 rings (SSSR count). The molecule has 0 aliphatic rings. The normalized spacial score (nSPS) is 12.4. The lowest BCUT2D eigenvalue weighted by atomic mass is 10.4. The number of halogens is 1. The average Bonchev–Trinajstić information content (AvgIpc) is 2.16. The molecule has 76 valence electrons. The van der Waals surface area contributed by atoms with Crippen LogP contribution >= 0.6 is 27.7 Å². The van der Waals surface area contributed by atoms with Crippen molar-refractivity contribution in [2.24, 2.45) is 0 Å². The molecule has 1 aromatic carbocycles. The van der Waals surface area contributed by atoms with E-state index < -0.39 is 11.2 Å². The average molecular weight is 277 g/mol. The number of aliphatic carboxylic acids is 1. The SMILES string of the molecule is O=C(O)C(CO)Sc1ccccc1Br. The van der Waals surface area contributed by atoms with Crippen LogP contribution in [0.15, 0.2) is 33.6 Å². The smallest absolute Gasteiger partial charge is 0.319 e. The third kappa shape index (κ3) is 3.01. The van der Waals surface area contributed by atoms with E-state index in [-0.39, 0.29) is 6.61 Å². The van der Waals surface area contributed by atoms with Gasteiger partial charge in [-0.25, -0.2) is 0 Å². The predicted octanol–water partition coefficient (Wildman–Crippen LogP) is 1.99. The van der Waals surface area contributed by atoms with E-state index in [2.05, 4.69) is 15.9 Å². The number of benzene rings is 1. The Bertz CT molecular complexity index is 330. The zero-order valence-electron chi connectivity index (χ0n) is 7.18. The summed E-state index contributed by atoms with van der Waals surface area (Å²) in [5, 5.41) is 16.7. The minimum absolute atomic E-state index is 0.374. The minimum Gasteiger partial charge on any atom is -0.480 e. The van der Waals surface area contributed by atoms with Gasteiger partial charge in [-0.3, -0.25) is 4.79 Å². The highest BCUT2D eigenvalue weighted by Crippen LogP contribution is 2.30. The van der Waals surface area contributed by atoms with Gasteiger partial charge in [-0.05, 0) is 28.1 Å². The first kappa shape index (κ1) is 11.6. The topological polar surface area (TPSA) is 57.5 Å². The molecule has 1 unspecified atom stereocenters. The van der Waals surface area contributed by atoms with Crippen LogP contribution < -0.4 is 0 Å². The van der Waals surface area contributed by atoms with Crippen molar-refractivity contribution in [3.05, 3.63) is 28.7 Å². The second-order valence-corrected chi connectivity index (χ2v) is 4.66. The van der Waals surface area contributed by atoms with Crippen LogP contribution in [0.25, 0.3) is 0 Å². The summed E-state index contributed by atoms with van der Waals surface area (Å²) >= 11 is 4.43. The van der Waals surface area contributed by atoms with Gasteiger partial charge in [0.2, 0.25) is 0 Å². The summed E-state index contributed by atoms with van der Waals surface area (Å²) in [4.78, 5) is 11.5. The molecule has 0 saturated heterocycles. The van der Waals surface area contributed by atoms with Crippen LogP contribution in [0.5, 0.6) is 0 Å². The van der Waals surface area contributed by atoms with E-state index in [0.29, 0.717) is 0 Å². The summed E-state index contributed by atoms with van der Waals surface area (Å²) in [6.45, 7) is -0.374. The van der Waals surface area contributed by atoms with Crippen molar-refractivity contribution in [1.82, 2.24) is 0 Å². The molecule has 0 aliphatic heterocycles. The van der Waals surface area contributed by atoms with Crippen molar-refractivity contribution < 1.29 is 15.0 Å². The van der Waals surface area contributed by atoms with Crippen molar-refractivity contribution in [2.45, 2.75) is 10.1 Å². The number of rotatable bonds is 4. The largest absolute Gasteiger partial charge is 0.480 e. The third-order valence-corrected chi connectivity index (χ3v) is 3.75. The summed E-state index contributed by atoms with van der Waals surface area (Å²) in [6, 6.07) is 7.31. The summed E-state index contributed by atoms with van der Waals surface area (Å²) in [7, 11) is 0. The number of carboxylic acids is 1. The van der Waals surface area contributed by atoms with Gasteiger partial charge in [-0.1, -0.05) is 12.1 Å². The molecule has 0 amide bonds. The van der Waals surface area contributed by atoms with Gasteiger partial charge in [0.1, 0.15) is 5.25 Å². The van der Waals surface area contributed by atoms with Gasteiger partial charge in [0, 0.05) is 9.37 Å². The zero-order chi connectivity index (χ0) is 10.6. The number of hydrogen-bond donors (Lipinski definition) is 2. The highest BCUT2D eigenvalue weighted by Gasteiger charge is 2.18. The van der Waals surface area contributed by atoms with Gasteiger partial charge in [0.15, 0.2) is 0 Å². The van der Waals surface area contributed by atoms with E-state index >= 15 is 0 Å². The Morgan fingerprint density at radius 1 is 1.50 bits per heavy atom. The van der Waals surface area contributed by atoms with Gasteiger partial charge in [0.25, 0.3) is 0 Å². The van der Waals surface area contributed by atoms with Gasteiger partial charge < -0.3 is 10.2 Å². The summed E-state index contributed by atoms with van der Waals surface area (Å²) in [5.41, 5.74) is 0. The Hall–Kier alpha value is -0.520. The Morgan fingerprint density at radius 2 is 2.14 bits per heavy atom. The van der Waals surface area contributed by atoms with E-state index in [1.54, 1.807) is 6.07 Å². The first-order chi connectivity index (χ1) is 6.65. The van der Waals surface area contributed by atoms with E-state index in [4.69, 9.17) is 10.2 Å².